The number of hydrogen-bond acceptors (Lipinski definition) is 6. The lowest BCUT2D eigenvalue weighted by Crippen LogP contribution is -2.40. The minimum absolute atomic E-state index is 0.214. The molecule has 6 nitrogen and oxygen atoms in total. The summed E-state index contributed by atoms with van der Waals surface area (Å²) in [6.45, 7) is 4.06. The number of hydrogen-bond donors (Lipinski definition) is 0. The standard InChI is InChI=1S/C34H24Cl2I2N2O4S/c1-3-43-33(42)29-18(2)39-34-40(30(29)24-10-6-8-20-7-4-5-9-23(20)24)32(41)28(45-34)15-19-13-26(37)31(27(38)14-19)44-17-21-11-12-22(35)16-25(21)36/h4-16,30H,3,17H2,1-2H3/b28-15+/t30-/m1/s1. The van der Waals surface area contributed by atoms with Gasteiger partial charge in [-0.1, -0.05) is 83.1 Å². The van der Waals surface area contributed by atoms with Gasteiger partial charge in [-0.25, -0.2) is 9.79 Å². The number of rotatable bonds is 7. The predicted octanol–water partition coefficient (Wildman–Crippen LogP) is 8.05. The zero-order valence-corrected chi connectivity index (χ0v) is 30.6. The predicted molar refractivity (Wildman–Crippen MR) is 197 cm³/mol. The maximum atomic E-state index is 14.2. The van der Waals surface area contributed by atoms with E-state index in [0.717, 1.165) is 40.4 Å². The summed E-state index contributed by atoms with van der Waals surface area (Å²) in [5.41, 5.74) is 3.17. The SMILES string of the molecule is CCOC(=O)C1=C(C)N=c2s/c(=C/c3cc(I)c(OCc4ccc(Cl)cc4Cl)c(I)c3)c(=O)n2[C@@H]1c1cccc2ccccc12. The lowest BCUT2D eigenvalue weighted by Gasteiger charge is -2.25. The number of halogens is 4. The molecule has 0 unspecified atom stereocenters. The molecule has 0 saturated carbocycles. The molecule has 6 rings (SSSR count). The molecular weight excluding hydrogens is 857 g/mol. The number of allylic oxidation sites excluding steroid dienone is 1. The molecule has 0 aliphatic carbocycles. The highest BCUT2D eigenvalue weighted by molar-refractivity contribution is 14.1. The van der Waals surface area contributed by atoms with Crippen molar-refractivity contribution in [3.63, 3.8) is 0 Å². The van der Waals surface area contributed by atoms with Gasteiger partial charge in [0.1, 0.15) is 12.4 Å². The molecule has 0 saturated heterocycles. The Kier molecular flexibility index (Phi) is 9.72. The summed E-state index contributed by atoms with van der Waals surface area (Å²) >= 11 is 18.1. The molecule has 1 aromatic heterocycles. The van der Waals surface area contributed by atoms with Crippen molar-refractivity contribution in [2.45, 2.75) is 26.5 Å². The Morgan fingerprint density at radius 1 is 1.04 bits per heavy atom. The molecule has 11 heteroatoms. The zero-order chi connectivity index (χ0) is 31.8. The van der Waals surface area contributed by atoms with Crippen molar-refractivity contribution in [2.24, 2.45) is 4.99 Å². The Labute approximate surface area is 300 Å². The highest BCUT2D eigenvalue weighted by Gasteiger charge is 2.34. The average molecular weight is 881 g/mol. The van der Waals surface area contributed by atoms with Crippen LogP contribution in [0, 0.1) is 7.14 Å². The van der Waals surface area contributed by atoms with Crippen LogP contribution in [0.1, 0.15) is 36.6 Å². The summed E-state index contributed by atoms with van der Waals surface area (Å²) in [4.78, 5) is 32.8. The van der Waals surface area contributed by atoms with E-state index < -0.39 is 12.0 Å². The summed E-state index contributed by atoms with van der Waals surface area (Å²) in [5, 5.41) is 3.08. The lowest BCUT2D eigenvalue weighted by atomic mass is 9.91. The Hall–Kier alpha value is -2.71. The lowest BCUT2D eigenvalue weighted by molar-refractivity contribution is -0.139. The second-order valence-corrected chi connectivity index (χ2v) is 14.4. The molecule has 0 radical (unpaired) electrons. The third kappa shape index (κ3) is 6.47. The molecule has 0 N–H and O–H groups in total. The number of esters is 1. The first kappa shape index (κ1) is 32.2. The second kappa shape index (κ2) is 13.6. The van der Waals surface area contributed by atoms with Gasteiger partial charge in [-0.05, 0) is 111 Å². The van der Waals surface area contributed by atoms with Crippen LogP contribution in [0.15, 0.2) is 93.9 Å². The summed E-state index contributed by atoms with van der Waals surface area (Å²) in [5.74, 6) is 0.247. The Bertz CT molecular complexity index is 2180. The molecular formula is C34H24Cl2I2N2O4S. The van der Waals surface area contributed by atoms with E-state index in [4.69, 9.17) is 37.7 Å². The number of ether oxygens (including phenoxy) is 2. The van der Waals surface area contributed by atoms with Crippen molar-refractivity contribution in [3.8, 4) is 5.75 Å². The van der Waals surface area contributed by atoms with E-state index in [9.17, 15) is 9.59 Å². The third-order valence-corrected chi connectivity index (χ3v) is 10.5. The van der Waals surface area contributed by atoms with Crippen molar-refractivity contribution >= 4 is 103 Å². The quantitative estimate of drug-likeness (QED) is 0.123. The summed E-state index contributed by atoms with van der Waals surface area (Å²) < 4.78 is 15.5. The van der Waals surface area contributed by atoms with E-state index in [1.165, 1.54) is 11.3 Å². The number of benzene rings is 4. The molecule has 1 aliphatic heterocycles. The normalized spacial score (nSPS) is 14.8. The van der Waals surface area contributed by atoms with Gasteiger partial charge in [0.15, 0.2) is 4.80 Å². The topological polar surface area (TPSA) is 69.9 Å². The van der Waals surface area contributed by atoms with Gasteiger partial charge in [0.25, 0.3) is 5.56 Å². The van der Waals surface area contributed by atoms with Crippen molar-refractivity contribution in [2.75, 3.05) is 6.61 Å². The molecule has 0 bridgehead atoms. The monoisotopic (exact) mass is 880 g/mol. The maximum absolute atomic E-state index is 14.2. The van der Waals surface area contributed by atoms with Crippen molar-refractivity contribution < 1.29 is 14.3 Å². The van der Waals surface area contributed by atoms with Gasteiger partial charge in [0.05, 0.1) is 35.6 Å². The van der Waals surface area contributed by atoms with Crippen LogP contribution < -0.4 is 19.6 Å². The van der Waals surface area contributed by atoms with Gasteiger partial charge in [-0.2, -0.15) is 0 Å². The Morgan fingerprint density at radius 3 is 2.51 bits per heavy atom. The average Bonchev–Trinajstić information content (AvgIpc) is 3.30. The van der Waals surface area contributed by atoms with E-state index in [2.05, 4.69) is 45.2 Å². The Balaban J connectivity index is 1.43. The van der Waals surface area contributed by atoms with Crippen molar-refractivity contribution in [1.29, 1.82) is 0 Å². The van der Waals surface area contributed by atoms with Crippen LogP contribution in [0.4, 0.5) is 0 Å². The fourth-order valence-corrected chi connectivity index (χ4v) is 8.95. The first-order valence-electron chi connectivity index (χ1n) is 13.9. The van der Waals surface area contributed by atoms with Crippen molar-refractivity contribution in [1.82, 2.24) is 4.57 Å². The summed E-state index contributed by atoms with van der Waals surface area (Å²) in [6, 6.07) is 22.4. The highest BCUT2D eigenvalue weighted by Crippen LogP contribution is 2.35. The van der Waals surface area contributed by atoms with Crippen LogP contribution in [0.2, 0.25) is 10.0 Å². The van der Waals surface area contributed by atoms with Gasteiger partial charge in [-0.15, -0.1) is 0 Å². The molecule has 45 heavy (non-hydrogen) atoms. The fraction of sp³-hybridized carbons (Fsp3) is 0.147. The molecule has 1 atom stereocenters. The number of carbonyl (C=O) groups is 1. The van der Waals surface area contributed by atoms with Gasteiger partial charge in [0, 0.05) is 15.6 Å². The van der Waals surface area contributed by atoms with Crippen LogP contribution in [0.3, 0.4) is 0 Å². The molecule has 228 valence electrons. The van der Waals surface area contributed by atoms with Crippen LogP contribution in [-0.4, -0.2) is 17.1 Å². The van der Waals surface area contributed by atoms with Crippen LogP contribution in [0.5, 0.6) is 5.75 Å². The van der Waals surface area contributed by atoms with Crippen LogP contribution in [0.25, 0.3) is 16.8 Å². The van der Waals surface area contributed by atoms with Crippen LogP contribution in [-0.2, 0) is 16.1 Å². The summed E-state index contributed by atoms with van der Waals surface area (Å²) in [6.07, 6.45) is 1.86. The molecule has 2 heterocycles. The molecule has 1 aliphatic rings. The molecule has 0 amide bonds. The first-order chi connectivity index (χ1) is 21.7. The number of nitrogens with zero attached hydrogens (tertiary/aromatic N) is 2. The first-order valence-corrected chi connectivity index (χ1v) is 17.6. The number of aromatic nitrogens is 1. The van der Waals surface area contributed by atoms with Gasteiger partial charge in [0.2, 0.25) is 0 Å². The van der Waals surface area contributed by atoms with E-state index in [1.807, 2.05) is 66.7 Å². The molecule has 4 aromatic carbocycles. The van der Waals surface area contributed by atoms with E-state index in [1.54, 1.807) is 30.5 Å². The number of fused-ring (bicyclic) bond motifs is 2. The highest BCUT2D eigenvalue weighted by atomic mass is 127. The smallest absolute Gasteiger partial charge is 0.338 e. The summed E-state index contributed by atoms with van der Waals surface area (Å²) in [7, 11) is 0. The second-order valence-electron chi connectivity index (χ2n) is 10.2. The molecule has 0 spiro atoms. The number of carbonyl (C=O) groups excluding carboxylic acids is 1. The largest absolute Gasteiger partial charge is 0.487 e. The fourth-order valence-electron chi connectivity index (χ4n) is 5.32. The minimum Gasteiger partial charge on any atom is -0.487 e. The molecule has 5 aromatic rings. The number of thiazole rings is 1. The maximum Gasteiger partial charge on any atom is 0.338 e. The molecule has 0 fully saturated rings. The van der Waals surface area contributed by atoms with E-state index in [-0.39, 0.29) is 18.8 Å². The van der Waals surface area contributed by atoms with Crippen LogP contribution >= 0.6 is 79.7 Å². The van der Waals surface area contributed by atoms with Gasteiger partial charge >= 0.3 is 5.97 Å². The zero-order valence-electron chi connectivity index (χ0n) is 23.9. The van der Waals surface area contributed by atoms with Gasteiger partial charge < -0.3 is 9.47 Å². The van der Waals surface area contributed by atoms with Gasteiger partial charge in [-0.3, -0.25) is 9.36 Å². The minimum atomic E-state index is -0.690. The third-order valence-electron chi connectivity index (χ3n) is 7.34. The van der Waals surface area contributed by atoms with Crippen molar-refractivity contribution in [3.05, 3.63) is 138 Å². The Morgan fingerprint density at radius 2 is 1.78 bits per heavy atom. The van der Waals surface area contributed by atoms with E-state index in [0.29, 0.717) is 30.6 Å². The van der Waals surface area contributed by atoms with E-state index >= 15 is 0 Å².